The number of morpholine rings is 1. The van der Waals surface area contributed by atoms with E-state index in [4.69, 9.17) is 10.5 Å². The monoisotopic (exact) mass is 341 g/mol. The van der Waals surface area contributed by atoms with Gasteiger partial charge in [0.15, 0.2) is 0 Å². The summed E-state index contributed by atoms with van der Waals surface area (Å²) in [4.78, 5) is 14.2. The van der Waals surface area contributed by atoms with Crippen molar-refractivity contribution < 1.29 is 9.53 Å². The lowest BCUT2D eigenvalue weighted by Gasteiger charge is -2.34. The molecule has 6 heteroatoms. The fourth-order valence-corrected chi connectivity index (χ4v) is 2.79. The molecule has 1 aliphatic heterocycles. The molecule has 0 spiro atoms. The van der Waals surface area contributed by atoms with Gasteiger partial charge in [-0.3, -0.25) is 9.69 Å². The second kappa shape index (κ2) is 7.06. The fraction of sp³-hybridized carbons (Fsp3) is 0.500. The standard InChI is InChI=1S/C14H20BrN3O2/c1-2-17-14(19)13-9-20-6-5-18(13)8-10-3-4-11(16)7-12(10)15/h3-4,7,13H,2,5-6,8-9,16H2,1H3,(H,17,19). The molecule has 2 rings (SSSR count). The van der Waals surface area contributed by atoms with Crippen LogP contribution in [0.15, 0.2) is 22.7 Å². The van der Waals surface area contributed by atoms with Gasteiger partial charge in [-0.2, -0.15) is 0 Å². The molecular weight excluding hydrogens is 322 g/mol. The van der Waals surface area contributed by atoms with E-state index in [1.165, 1.54) is 0 Å². The van der Waals surface area contributed by atoms with Gasteiger partial charge in [0.1, 0.15) is 6.04 Å². The zero-order valence-corrected chi connectivity index (χ0v) is 13.1. The van der Waals surface area contributed by atoms with Gasteiger partial charge in [0.05, 0.1) is 13.2 Å². The Bertz CT molecular complexity index is 481. The highest BCUT2D eigenvalue weighted by molar-refractivity contribution is 9.10. The molecule has 1 aromatic carbocycles. The number of likely N-dealkylation sites (N-methyl/N-ethyl adjacent to an activating group) is 1. The lowest BCUT2D eigenvalue weighted by molar-refractivity contribution is -0.132. The van der Waals surface area contributed by atoms with Crippen LogP contribution in [0.2, 0.25) is 0 Å². The van der Waals surface area contributed by atoms with E-state index in [9.17, 15) is 4.79 Å². The molecule has 110 valence electrons. The molecule has 1 saturated heterocycles. The molecule has 3 N–H and O–H groups in total. The van der Waals surface area contributed by atoms with Crippen molar-refractivity contribution in [3.63, 3.8) is 0 Å². The third kappa shape index (κ3) is 3.71. The van der Waals surface area contributed by atoms with Crippen LogP contribution in [0.5, 0.6) is 0 Å². The number of hydrogen-bond acceptors (Lipinski definition) is 4. The van der Waals surface area contributed by atoms with Gasteiger partial charge in [0, 0.05) is 29.8 Å². The minimum atomic E-state index is -0.229. The van der Waals surface area contributed by atoms with Crippen molar-refractivity contribution in [2.75, 3.05) is 32.0 Å². The van der Waals surface area contributed by atoms with E-state index in [1.54, 1.807) is 0 Å². The summed E-state index contributed by atoms with van der Waals surface area (Å²) in [6.45, 7) is 5.10. The Hall–Kier alpha value is -1.11. The largest absolute Gasteiger partial charge is 0.399 e. The number of carbonyl (C=O) groups is 1. The lowest BCUT2D eigenvalue weighted by atomic mass is 10.1. The van der Waals surface area contributed by atoms with Crippen LogP contribution in [-0.4, -0.2) is 43.2 Å². The molecule has 20 heavy (non-hydrogen) atoms. The van der Waals surface area contributed by atoms with Gasteiger partial charge in [-0.25, -0.2) is 0 Å². The van der Waals surface area contributed by atoms with Gasteiger partial charge in [0.25, 0.3) is 0 Å². The minimum absolute atomic E-state index is 0.0266. The van der Waals surface area contributed by atoms with Crippen LogP contribution in [0.1, 0.15) is 12.5 Å². The fourth-order valence-electron chi connectivity index (χ4n) is 2.27. The van der Waals surface area contributed by atoms with Crippen LogP contribution >= 0.6 is 15.9 Å². The Kier molecular flexibility index (Phi) is 5.39. The van der Waals surface area contributed by atoms with Crippen molar-refractivity contribution in [2.45, 2.75) is 19.5 Å². The number of ether oxygens (including phenoxy) is 1. The predicted molar refractivity (Wildman–Crippen MR) is 82.3 cm³/mol. The average molecular weight is 342 g/mol. The zero-order valence-electron chi connectivity index (χ0n) is 11.6. The first-order chi connectivity index (χ1) is 9.61. The van der Waals surface area contributed by atoms with Gasteiger partial charge in [-0.05, 0) is 24.6 Å². The molecule has 0 radical (unpaired) electrons. The first kappa shape index (κ1) is 15.3. The van der Waals surface area contributed by atoms with Gasteiger partial charge in [-0.15, -0.1) is 0 Å². The van der Waals surface area contributed by atoms with E-state index in [0.29, 0.717) is 26.3 Å². The molecule has 0 saturated carbocycles. The predicted octanol–water partition coefficient (Wildman–Crippen LogP) is 1.37. The maximum Gasteiger partial charge on any atom is 0.239 e. The number of nitrogen functional groups attached to an aromatic ring is 1. The summed E-state index contributed by atoms with van der Waals surface area (Å²) in [5.74, 6) is 0.0266. The van der Waals surface area contributed by atoms with Gasteiger partial charge in [0.2, 0.25) is 5.91 Å². The number of halogens is 1. The minimum Gasteiger partial charge on any atom is -0.399 e. The highest BCUT2D eigenvalue weighted by atomic mass is 79.9. The van der Waals surface area contributed by atoms with Crippen molar-refractivity contribution in [3.05, 3.63) is 28.2 Å². The molecular formula is C14H20BrN3O2. The van der Waals surface area contributed by atoms with E-state index >= 15 is 0 Å². The summed E-state index contributed by atoms with van der Waals surface area (Å²) in [5.41, 5.74) is 7.59. The first-order valence-corrected chi connectivity index (χ1v) is 7.54. The molecule has 1 atom stereocenters. The maximum atomic E-state index is 12.1. The van der Waals surface area contributed by atoms with Crippen LogP contribution in [0.25, 0.3) is 0 Å². The molecule has 1 heterocycles. The van der Waals surface area contributed by atoms with E-state index in [0.717, 1.165) is 22.3 Å². The summed E-state index contributed by atoms with van der Waals surface area (Å²) < 4.78 is 6.40. The Balaban J connectivity index is 2.10. The second-order valence-electron chi connectivity index (χ2n) is 4.81. The molecule has 1 fully saturated rings. The van der Waals surface area contributed by atoms with E-state index in [1.807, 2.05) is 25.1 Å². The van der Waals surface area contributed by atoms with Crippen LogP contribution in [-0.2, 0) is 16.1 Å². The number of anilines is 1. The van der Waals surface area contributed by atoms with Crippen molar-refractivity contribution in [2.24, 2.45) is 0 Å². The molecule has 1 aromatic rings. The van der Waals surface area contributed by atoms with E-state index < -0.39 is 0 Å². The number of hydrogen-bond donors (Lipinski definition) is 2. The van der Waals surface area contributed by atoms with Crippen LogP contribution in [0, 0.1) is 0 Å². The SMILES string of the molecule is CCNC(=O)C1COCCN1Cc1ccc(N)cc1Br. The lowest BCUT2D eigenvalue weighted by Crippen LogP contribution is -2.53. The Morgan fingerprint density at radius 1 is 1.60 bits per heavy atom. The first-order valence-electron chi connectivity index (χ1n) is 6.75. The summed E-state index contributed by atoms with van der Waals surface area (Å²) in [5, 5.41) is 2.86. The average Bonchev–Trinajstić information content (AvgIpc) is 2.43. The molecule has 1 unspecified atom stereocenters. The smallest absolute Gasteiger partial charge is 0.239 e. The van der Waals surface area contributed by atoms with Crippen molar-refractivity contribution >= 4 is 27.5 Å². The zero-order chi connectivity index (χ0) is 14.5. The molecule has 0 bridgehead atoms. The number of benzene rings is 1. The Labute approximate surface area is 127 Å². The number of nitrogens with two attached hydrogens (primary N) is 1. The van der Waals surface area contributed by atoms with Crippen LogP contribution in [0.3, 0.4) is 0 Å². The summed E-state index contributed by atoms with van der Waals surface area (Å²) in [6.07, 6.45) is 0. The number of nitrogens with zero attached hydrogens (tertiary/aromatic N) is 1. The van der Waals surface area contributed by atoms with Gasteiger partial charge < -0.3 is 15.8 Å². The van der Waals surface area contributed by atoms with Crippen molar-refractivity contribution in [1.29, 1.82) is 0 Å². The second-order valence-corrected chi connectivity index (χ2v) is 5.66. The Morgan fingerprint density at radius 2 is 2.40 bits per heavy atom. The molecule has 5 nitrogen and oxygen atoms in total. The maximum absolute atomic E-state index is 12.1. The molecule has 1 aliphatic rings. The van der Waals surface area contributed by atoms with Crippen molar-refractivity contribution in [3.8, 4) is 0 Å². The molecule has 0 aliphatic carbocycles. The Morgan fingerprint density at radius 3 is 3.10 bits per heavy atom. The third-order valence-electron chi connectivity index (χ3n) is 3.34. The van der Waals surface area contributed by atoms with Gasteiger partial charge >= 0.3 is 0 Å². The van der Waals surface area contributed by atoms with Gasteiger partial charge in [-0.1, -0.05) is 22.0 Å². The normalized spacial score (nSPS) is 19.8. The highest BCUT2D eigenvalue weighted by Gasteiger charge is 2.29. The topological polar surface area (TPSA) is 67.6 Å². The van der Waals surface area contributed by atoms with E-state index in [-0.39, 0.29) is 11.9 Å². The summed E-state index contributed by atoms with van der Waals surface area (Å²) >= 11 is 3.52. The number of rotatable bonds is 4. The number of amides is 1. The number of carbonyl (C=O) groups excluding carboxylic acids is 1. The van der Waals surface area contributed by atoms with Crippen LogP contribution in [0.4, 0.5) is 5.69 Å². The molecule has 1 amide bonds. The summed E-state index contributed by atoms with van der Waals surface area (Å²) in [6, 6.07) is 5.52. The highest BCUT2D eigenvalue weighted by Crippen LogP contribution is 2.23. The summed E-state index contributed by atoms with van der Waals surface area (Å²) in [7, 11) is 0. The molecule has 0 aromatic heterocycles. The van der Waals surface area contributed by atoms with Crippen molar-refractivity contribution in [1.82, 2.24) is 10.2 Å². The number of nitrogens with one attached hydrogen (secondary N) is 1. The van der Waals surface area contributed by atoms with E-state index in [2.05, 4.69) is 26.1 Å². The van der Waals surface area contributed by atoms with Crippen LogP contribution < -0.4 is 11.1 Å². The quantitative estimate of drug-likeness (QED) is 0.811. The third-order valence-corrected chi connectivity index (χ3v) is 4.08.